The minimum Gasteiger partial charge on any atom is -0.473 e. The predicted molar refractivity (Wildman–Crippen MR) is 126 cm³/mol. The summed E-state index contributed by atoms with van der Waals surface area (Å²) in [4.78, 5) is 4.22. The summed E-state index contributed by atoms with van der Waals surface area (Å²) in [6.45, 7) is 1.75. The number of pyridine rings is 1. The first-order valence-electron chi connectivity index (χ1n) is 11.2. The van der Waals surface area contributed by atoms with Gasteiger partial charge >= 0.3 is 6.18 Å². The van der Waals surface area contributed by atoms with Crippen LogP contribution < -0.4 is 10.5 Å². The van der Waals surface area contributed by atoms with E-state index in [4.69, 9.17) is 10.5 Å². The van der Waals surface area contributed by atoms with Crippen molar-refractivity contribution in [2.75, 3.05) is 14.1 Å². The number of ether oxygens (including phenoxy) is 1. The lowest BCUT2D eigenvalue weighted by Crippen LogP contribution is -2.18. The van der Waals surface area contributed by atoms with Crippen LogP contribution in [-0.2, 0) is 25.6 Å². The van der Waals surface area contributed by atoms with E-state index in [9.17, 15) is 17.6 Å². The third-order valence-corrected chi connectivity index (χ3v) is 5.92. The first-order valence-corrected chi connectivity index (χ1v) is 11.2. The molecule has 0 bridgehead atoms. The molecule has 190 valence electrons. The molecule has 3 aromatic rings. The van der Waals surface area contributed by atoms with Crippen LogP contribution in [0.25, 0.3) is 11.1 Å². The van der Waals surface area contributed by atoms with Gasteiger partial charge in [0.1, 0.15) is 18.2 Å². The summed E-state index contributed by atoms with van der Waals surface area (Å²) in [5, 5.41) is 5.37. The molecule has 2 N–H and O–H groups in total. The van der Waals surface area contributed by atoms with E-state index < -0.39 is 28.9 Å². The van der Waals surface area contributed by atoms with E-state index in [0.717, 1.165) is 36.1 Å². The topological polar surface area (TPSA) is 63.7 Å². The van der Waals surface area contributed by atoms with Crippen molar-refractivity contribution in [1.29, 1.82) is 0 Å². The van der Waals surface area contributed by atoms with E-state index in [0.29, 0.717) is 12.0 Å². The highest BCUT2D eigenvalue weighted by Gasteiger charge is 2.35. The molecule has 1 aromatic heterocycles. The molecule has 1 aliphatic rings. The Morgan fingerprint density at radius 2 is 1.78 bits per heavy atom. The van der Waals surface area contributed by atoms with Crippen LogP contribution in [0.1, 0.15) is 34.7 Å². The summed E-state index contributed by atoms with van der Waals surface area (Å²) < 4.78 is 76.6. The highest BCUT2D eigenvalue weighted by molar-refractivity contribution is 5.97. The van der Waals surface area contributed by atoms with Gasteiger partial charge in [0, 0.05) is 43.0 Å². The Kier molecular flexibility index (Phi) is 6.88. The molecule has 1 heterocycles. The van der Waals surface area contributed by atoms with Gasteiger partial charge in [0.25, 0.3) is 0 Å². The fourth-order valence-corrected chi connectivity index (χ4v) is 4.28. The zero-order valence-electron chi connectivity index (χ0n) is 20.0. The smallest absolute Gasteiger partial charge is 0.417 e. The van der Waals surface area contributed by atoms with Gasteiger partial charge in [-0.3, -0.25) is 0 Å². The van der Waals surface area contributed by atoms with E-state index in [2.05, 4.69) is 17.0 Å². The Morgan fingerprint density at radius 3 is 2.44 bits per heavy atom. The zero-order valence-corrected chi connectivity index (χ0v) is 20.0. The molecule has 36 heavy (non-hydrogen) atoms. The van der Waals surface area contributed by atoms with Gasteiger partial charge in [0.05, 0.1) is 5.56 Å². The maximum atomic E-state index is 15.0. The first kappa shape index (κ1) is 25.4. The van der Waals surface area contributed by atoms with E-state index in [1.54, 1.807) is 26.4 Å². The van der Waals surface area contributed by atoms with Crippen LogP contribution in [0.4, 0.5) is 22.0 Å². The number of nitrogens with two attached hydrogens (primary N) is 1. The Bertz CT molecular complexity index is 1320. The molecule has 0 fully saturated rings. The Balaban J connectivity index is 1.68. The third-order valence-electron chi connectivity index (χ3n) is 5.92. The average molecular weight is 505 g/mol. The molecule has 0 saturated carbocycles. The molecule has 0 saturated heterocycles. The van der Waals surface area contributed by atoms with Crippen LogP contribution in [0.5, 0.6) is 5.88 Å². The maximum absolute atomic E-state index is 15.0. The number of rotatable bonds is 6. The number of benzene rings is 2. The fourth-order valence-electron chi connectivity index (χ4n) is 4.28. The SMILES string of the molecule is CC1Cc2cnc(OCc3cc(-c4ccc(/C(N)=N/N(C)C)cc4F)c(C(F)(F)F)cc3F)cc2C1. The second-order valence-electron chi connectivity index (χ2n) is 9.11. The van der Waals surface area contributed by atoms with Gasteiger partial charge in [-0.25, -0.2) is 13.8 Å². The van der Waals surface area contributed by atoms with Crippen LogP contribution in [-0.4, -0.2) is 29.9 Å². The maximum Gasteiger partial charge on any atom is 0.417 e. The highest BCUT2D eigenvalue weighted by Crippen LogP contribution is 2.40. The normalized spacial score (nSPS) is 15.7. The van der Waals surface area contributed by atoms with Gasteiger partial charge in [-0.2, -0.15) is 18.3 Å². The fraction of sp³-hybridized carbons (Fsp3) is 0.308. The molecule has 0 aliphatic heterocycles. The van der Waals surface area contributed by atoms with Gasteiger partial charge in [-0.1, -0.05) is 19.1 Å². The quantitative estimate of drug-likeness (QED) is 0.207. The molecule has 0 amide bonds. The molecule has 10 heteroatoms. The summed E-state index contributed by atoms with van der Waals surface area (Å²) in [5.41, 5.74) is 5.90. The van der Waals surface area contributed by atoms with E-state index in [1.165, 1.54) is 17.1 Å². The third kappa shape index (κ3) is 5.42. The second kappa shape index (κ2) is 9.75. The number of amidine groups is 1. The van der Waals surface area contributed by atoms with Crippen LogP contribution in [0.15, 0.2) is 47.7 Å². The van der Waals surface area contributed by atoms with E-state index >= 15 is 4.39 Å². The van der Waals surface area contributed by atoms with Crippen molar-refractivity contribution in [2.45, 2.75) is 32.5 Å². The monoisotopic (exact) mass is 504 g/mol. The Morgan fingerprint density at radius 1 is 1.06 bits per heavy atom. The molecule has 2 aromatic carbocycles. The van der Waals surface area contributed by atoms with Gasteiger partial charge < -0.3 is 15.5 Å². The van der Waals surface area contributed by atoms with Crippen molar-refractivity contribution in [2.24, 2.45) is 16.8 Å². The van der Waals surface area contributed by atoms with E-state index in [1.807, 2.05) is 0 Å². The Labute approximate surface area is 205 Å². The number of aromatic nitrogens is 1. The molecule has 1 atom stereocenters. The van der Waals surface area contributed by atoms with Crippen molar-refractivity contribution in [1.82, 2.24) is 9.99 Å². The molecular formula is C26H25F5N4O. The number of hydrazone groups is 1. The van der Waals surface area contributed by atoms with Crippen LogP contribution in [0.3, 0.4) is 0 Å². The van der Waals surface area contributed by atoms with Crippen LogP contribution >= 0.6 is 0 Å². The number of hydrogen-bond acceptors (Lipinski definition) is 4. The van der Waals surface area contributed by atoms with Gasteiger partial charge in [-0.15, -0.1) is 0 Å². The van der Waals surface area contributed by atoms with Crippen molar-refractivity contribution >= 4 is 5.84 Å². The molecule has 0 radical (unpaired) electrons. The average Bonchev–Trinajstić information content (AvgIpc) is 3.16. The lowest BCUT2D eigenvalue weighted by Gasteiger charge is -2.17. The van der Waals surface area contributed by atoms with Crippen LogP contribution in [0.2, 0.25) is 0 Å². The summed E-state index contributed by atoms with van der Waals surface area (Å²) in [5.74, 6) is -1.35. The number of alkyl halides is 3. The zero-order chi connectivity index (χ0) is 26.2. The number of halogens is 5. The van der Waals surface area contributed by atoms with E-state index in [-0.39, 0.29) is 35.0 Å². The molecular weight excluding hydrogens is 479 g/mol. The number of fused-ring (bicyclic) bond motifs is 1. The molecule has 5 nitrogen and oxygen atoms in total. The summed E-state index contributed by atoms with van der Waals surface area (Å²) in [7, 11) is 3.24. The highest BCUT2D eigenvalue weighted by atomic mass is 19.4. The lowest BCUT2D eigenvalue weighted by atomic mass is 9.95. The second-order valence-corrected chi connectivity index (χ2v) is 9.11. The number of hydrogen-bond donors (Lipinski definition) is 1. The van der Waals surface area contributed by atoms with Crippen LogP contribution in [0, 0.1) is 17.6 Å². The van der Waals surface area contributed by atoms with Gasteiger partial charge in [0.15, 0.2) is 5.84 Å². The molecule has 4 rings (SSSR count). The lowest BCUT2D eigenvalue weighted by molar-refractivity contribution is -0.137. The predicted octanol–water partition coefficient (Wildman–Crippen LogP) is 5.54. The van der Waals surface area contributed by atoms with Crippen molar-refractivity contribution < 1.29 is 26.7 Å². The summed E-state index contributed by atoms with van der Waals surface area (Å²) >= 11 is 0. The molecule has 1 unspecified atom stereocenters. The van der Waals surface area contributed by atoms with Gasteiger partial charge in [0.2, 0.25) is 5.88 Å². The number of nitrogens with zero attached hydrogens (tertiary/aromatic N) is 3. The minimum absolute atomic E-state index is 0.00840. The van der Waals surface area contributed by atoms with Crippen molar-refractivity contribution in [3.8, 4) is 17.0 Å². The molecule has 0 spiro atoms. The van der Waals surface area contributed by atoms with Gasteiger partial charge in [-0.05, 0) is 53.6 Å². The van der Waals surface area contributed by atoms with Crippen molar-refractivity contribution in [3.63, 3.8) is 0 Å². The standard InChI is InChI=1S/C26H25F5N4O/c1-14-6-16-10-24(33-12-17(16)7-14)36-13-18-8-20(21(11-22(18)27)26(29,30)31)19-5-4-15(9-23(19)28)25(32)34-35(2)3/h4-5,8-12,14H,6-7,13H2,1-3H3,(H2,32,34). The largest absolute Gasteiger partial charge is 0.473 e. The summed E-state index contributed by atoms with van der Waals surface area (Å²) in [6.07, 6.45) is -1.43. The minimum atomic E-state index is -4.91. The first-order chi connectivity index (χ1) is 16.9. The molecule has 1 aliphatic carbocycles. The van der Waals surface area contributed by atoms with Crippen molar-refractivity contribution in [3.05, 3.63) is 82.0 Å². The Hall–Kier alpha value is -3.69. The summed E-state index contributed by atoms with van der Waals surface area (Å²) in [6, 6.07) is 6.60.